The summed E-state index contributed by atoms with van der Waals surface area (Å²) in [5.74, 6) is 1.32. The van der Waals surface area contributed by atoms with Crippen molar-refractivity contribution in [2.45, 2.75) is 33.2 Å². The van der Waals surface area contributed by atoms with Crippen LogP contribution in [0, 0.1) is 12.8 Å². The van der Waals surface area contributed by atoms with Crippen molar-refractivity contribution < 1.29 is 4.79 Å². The van der Waals surface area contributed by atoms with E-state index < -0.39 is 0 Å². The molecule has 0 spiro atoms. The van der Waals surface area contributed by atoms with Gasteiger partial charge in [0, 0.05) is 12.5 Å². The second-order valence-corrected chi connectivity index (χ2v) is 4.21. The van der Waals surface area contributed by atoms with E-state index in [1.54, 1.807) is 6.92 Å². The number of nitrogens with zero attached hydrogens (tertiary/aromatic N) is 2. The van der Waals surface area contributed by atoms with Crippen LogP contribution in [-0.4, -0.2) is 15.3 Å². The van der Waals surface area contributed by atoms with E-state index in [0.29, 0.717) is 5.15 Å². The van der Waals surface area contributed by atoms with Gasteiger partial charge in [0.2, 0.25) is 0 Å². The molecule has 0 aromatic carbocycles. The molecule has 1 aliphatic heterocycles. The highest BCUT2D eigenvalue weighted by Gasteiger charge is 2.25. The van der Waals surface area contributed by atoms with Crippen molar-refractivity contribution in [2.75, 3.05) is 0 Å². The summed E-state index contributed by atoms with van der Waals surface area (Å²) in [6, 6.07) is 0. The quantitative estimate of drug-likeness (QED) is 0.714. The van der Waals surface area contributed by atoms with E-state index >= 15 is 0 Å². The van der Waals surface area contributed by atoms with E-state index in [2.05, 4.69) is 9.55 Å². The second kappa shape index (κ2) is 3.39. The molecule has 76 valence electrons. The number of ketones is 1. The monoisotopic (exact) mass is 212 g/mol. The van der Waals surface area contributed by atoms with Crippen LogP contribution < -0.4 is 0 Å². The number of hydrogen-bond donors (Lipinski definition) is 0. The Morgan fingerprint density at radius 3 is 3.00 bits per heavy atom. The zero-order valence-corrected chi connectivity index (χ0v) is 9.14. The van der Waals surface area contributed by atoms with E-state index in [1.165, 1.54) is 0 Å². The van der Waals surface area contributed by atoms with Crippen LogP contribution in [0.3, 0.4) is 0 Å². The summed E-state index contributed by atoms with van der Waals surface area (Å²) in [5, 5.41) is 0.601. The second-order valence-electron chi connectivity index (χ2n) is 3.85. The van der Waals surface area contributed by atoms with Crippen LogP contribution in [-0.2, 0) is 17.8 Å². The molecule has 0 radical (unpaired) electrons. The van der Waals surface area contributed by atoms with Gasteiger partial charge in [-0.2, -0.15) is 0 Å². The van der Waals surface area contributed by atoms with Crippen LogP contribution in [0.15, 0.2) is 0 Å². The van der Waals surface area contributed by atoms with Crippen molar-refractivity contribution in [3.8, 4) is 0 Å². The lowest BCUT2D eigenvalue weighted by Gasteiger charge is -2.22. The molecular weight excluding hydrogens is 200 g/mol. The number of rotatable bonds is 1. The number of imidazole rings is 1. The number of carbonyl (C=O) groups is 1. The molecule has 0 saturated carbocycles. The van der Waals surface area contributed by atoms with Crippen LogP contribution >= 0.6 is 11.6 Å². The molecule has 0 bridgehead atoms. The zero-order chi connectivity index (χ0) is 10.3. The Hall–Kier alpha value is -0.830. The first-order valence-electron chi connectivity index (χ1n) is 4.81. The fraction of sp³-hybridized carbons (Fsp3) is 0.600. The standard InChI is InChI=1S/C10H13ClN2O/c1-6(14)8-3-4-9-10(11)12-7(2)13(9)5-8/h8H,3-5H2,1-2H3. The van der Waals surface area contributed by atoms with Crippen LogP contribution in [0.1, 0.15) is 24.9 Å². The topological polar surface area (TPSA) is 34.9 Å². The Morgan fingerprint density at radius 2 is 2.36 bits per heavy atom. The van der Waals surface area contributed by atoms with Gasteiger partial charge in [0.05, 0.1) is 5.69 Å². The molecule has 1 aromatic rings. The summed E-state index contributed by atoms with van der Waals surface area (Å²) in [4.78, 5) is 15.5. The summed E-state index contributed by atoms with van der Waals surface area (Å²) >= 11 is 5.97. The van der Waals surface area contributed by atoms with Crippen molar-refractivity contribution in [3.63, 3.8) is 0 Å². The van der Waals surface area contributed by atoms with Gasteiger partial charge in [-0.3, -0.25) is 4.79 Å². The van der Waals surface area contributed by atoms with E-state index in [4.69, 9.17) is 11.6 Å². The first-order valence-corrected chi connectivity index (χ1v) is 5.19. The van der Waals surface area contributed by atoms with Crippen molar-refractivity contribution in [1.29, 1.82) is 0 Å². The third-order valence-electron chi connectivity index (χ3n) is 2.92. The first kappa shape index (κ1) is 9.71. The zero-order valence-electron chi connectivity index (χ0n) is 8.38. The van der Waals surface area contributed by atoms with Crippen molar-refractivity contribution >= 4 is 17.4 Å². The van der Waals surface area contributed by atoms with Gasteiger partial charge >= 0.3 is 0 Å². The summed E-state index contributed by atoms with van der Waals surface area (Å²) in [6.45, 7) is 4.33. The SMILES string of the molecule is CC(=O)C1CCc2c(Cl)nc(C)n2C1. The van der Waals surface area contributed by atoms with Gasteiger partial charge in [-0.1, -0.05) is 11.6 Å². The maximum atomic E-state index is 11.3. The number of carbonyl (C=O) groups excluding carboxylic acids is 1. The molecule has 3 nitrogen and oxygen atoms in total. The van der Waals surface area contributed by atoms with Crippen LogP contribution in [0.5, 0.6) is 0 Å². The summed E-state index contributed by atoms with van der Waals surface area (Å²) < 4.78 is 2.07. The molecule has 0 aliphatic carbocycles. The van der Waals surface area contributed by atoms with Gasteiger partial charge in [0.25, 0.3) is 0 Å². The summed E-state index contributed by atoms with van der Waals surface area (Å²) in [6.07, 6.45) is 1.77. The Kier molecular flexibility index (Phi) is 2.35. The maximum absolute atomic E-state index is 11.3. The normalized spacial score (nSPS) is 20.6. The number of aryl methyl sites for hydroxylation is 1. The van der Waals surface area contributed by atoms with Crippen LogP contribution in [0.2, 0.25) is 5.15 Å². The Bertz CT molecular complexity index is 384. The first-order chi connectivity index (χ1) is 6.59. The van der Waals surface area contributed by atoms with Crippen molar-refractivity contribution in [1.82, 2.24) is 9.55 Å². The summed E-state index contributed by atoms with van der Waals surface area (Å²) in [5.41, 5.74) is 1.08. The summed E-state index contributed by atoms with van der Waals surface area (Å²) in [7, 11) is 0. The minimum atomic E-state index is 0.145. The maximum Gasteiger partial charge on any atom is 0.150 e. The lowest BCUT2D eigenvalue weighted by Crippen LogP contribution is -2.25. The molecule has 1 unspecified atom stereocenters. The minimum absolute atomic E-state index is 0.145. The third-order valence-corrected chi connectivity index (χ3v) is 3.22. The number of fused-ring (bicyclic) bond motifs is 1. The van der Waals surface area contributed by atoms with Crippen molar-refractivity contribution in [3.05, 3.63) is 16.7 Å². The van der Waals surface area contributed by atoms with E-state index in [-0.39, 0.29) is 11.7 Å². The molecule has 2 rings (SSSR count). The average Bonchev–Trinajstić information content (AvgIpc) is 2.42. The van der Waals surface area contributed by atoms with E-state index in [0.717, 1.165) is 30.9 Å². The molecule has 0 N–H and O–H groups in total. The molecule has 1 aromatic heterocycles. The van der Waals surface area contributed by atoms with Gasteiger partial charge in [0.15, 0.2) is 5.15 Å². The molecular formula is C10H13ClN2O. The largest absolute Gasteiger partial charge is 0.330 e. The predicted octanol–water partition coefficient (Wildman–Crippen LogP) is 2.00. The molecule has 2 heterocycles. The fourth-order valence-corrected chi connectivity index (χ4v) is 2.33. The molecule has 0 fully saturated rings. The van der Waals surface area contributed by atoms with Gasteiger partial charge in [0.1, 0.15) is 11.6 Å². The number of halogens is 1. The van der Waals surface area contributed by atoms with E-state index in [1.807, 2.05) is 6.92 Å². The lowest BCUT2D eigenvalue weighted by molar-refractivity contribution is -0.121. The molecule has 1 atom stereocenters. The Morgan fingerprint density at radius 1 is 1.64 bits per heavy atom. The number of Topliss-reactive ketones (excluding diaryl/α,β-unsaturated/α-hetero) is 1. The van der Waals surface area contributed by atoms with Gasteiger partial charge < -0.3 is 4.57 Å². The molecule has 4 heteroatoms. The molecule has 0 amide bonds. The lowest BCUT2D eigenvalue weighted by atomic mass is 9.95. The number of hydrogen-bond acceptors (Lipinski definition) is 2. The Labute approximate surface area is 88.1 Å². The average molecular weight is 213 g/mol. The van der Waals surface area contributed by atoms with Crippen LogP contribution in [0.4, 0.5) is 0 Å². The highest BCUT2D eigenvalue weighted by atomic mass is 35.5. The molecule has 1 aliphatic rings. The van der Waals surface area contributed by atoms with E-state index in [9.17, 15) is 4.79 Å². The smallest absolute Gasteiger partial charge is 0.150 e. The highest BCUT2D eigenvalue weighted by molar-refractivity contribution is 6.30. The van der Waals surface area contributed by atoms with Gasteiger partial charge in [-0.25, -0.2) is 4.98 Å². The molecule has 0 saturated heterocycles. The van der Waals surface area contributed by atoms with Gasteiger partial charge in [-0.15, -0.1) is 0 Å². The third kappa shape index (κ3) is 1.46. The Balaban J connectivity index is 2.34. The van der Waals surface area contributed by atoms with Crippen molar-refractivity contribution in [2.24, 2.45) is 5.92 Å². The fourth-order valence-electron chi connectivity index (χ4n) is 2.01. The minimum Gasteiger partial charge on any atom is -0.330 e. The predicted molar refractivity (Wildman–Crippen MR) is 54.5 cm³/mol. The number of aromatic nitrogens is 2. The van der Waals surface area contributed by atoms with Gasteiger partial charge in [-0.05, 0) is 26.7 Å². The van der Waals surface area contributed by atoms with Crippen LogP contribution in [0.25, 0.3) is 0 Å². The highest BCUT2D eigenvalue weighted by Crippen LogP contribution is 2.27. The molecule has 14 heavy (non-hydrogen) atoms.